The van der Waals surface area contributed by atoms with Crippen molar-refractivity contribution >= 4 is 17.9 Å². The van der Waals surface area contributed by atoms with Crippen LogP contribution >= 0.6 is 0 Å². The van der Waals surface area contributed by atoms with Crippen molar-refractivity contribution in [2.45, 2.75) is 245 Å². The van der Waals surface area contributed by atoms with Gasteiger partial charge in [0.2, 0.25) is 0 Å². The number of allylic oxidation sites excluding steroid dienone is 18. The minimum atomic E-state index is -0.819. The van der Waals surface area contributed by atoms with Crippen molar-refractivity contribution in [1.29, 1.82) is 0 Å². The first-order valence-electron chi connectivity index (χ1n) is 27.4. The first-order valence-corrected chi connectivity index (χ1v) is 27.4. The second-order valence-electron chi connectivity index (χ2n) is 17.7. The molecular formula is C61H100O6. The van der Waals surface area contributed by atoms with E-state index in [9.17, 15) is 14.4 Å². The maximum atomic E-state index is 12.8. The van der Waals surface area contributed by atoms with Gasteiger partial charge >= 0.3 is 17.9 Å². The Morgan fingerprint density at radius 1 is 0.313 bits per heavy atom. The summed E-state index contributed by atoms with van der Waals surface area (Å²) in [6.45, 7) is 6.39. The Bertz CT molecular complexity index is 1390. The van der Waals surface area contributed by atoms with E-state index in [-0.39, 0.29) is 37.5 Å². The number of hydrogen-bond donors (Lipinski definition) is 0. The van der Waals surface area contributed by atoms with E-state index >= 15 is 0 Å². The van der Waals surface area contributed by atoms with Gasteiger partial charge in [-0.2, -0.15) is 0 Å². The van der Waals surface area contributed by atoms with Crippen LogP contribution in [0.5, 0.6) is 0 Å². The van der Waals surface area contributed by atoms with Gasteiger partial charge in [0.25, 0.3) is 0 Å². The minimum Gasteiger partial charge on any atom is -0.462 e. The predicted molar refractivity (Wildman–Crippen MR) is 288 cm³/mol. The lowest BCUT2D eigenvalue weighted by atomic mass is 10.1. The summed E-state index contributed by atoms with van der Waals surface area (Å²) < 4.78 is 16.8. The second-order valence-corrected chi connectivity index (χ2v) is 17.7. The molecule has 6 heteroatoms. The monoisotopic (exact) mass is 929 g/mol. The van der Waals surface area contributed by atoms with E-state index in [1.165, 1.54) is 96.3 Å². The van der Waals surface area contributed by atoms with Crippen molar-refractivity contribution in [3.8, 4) is 0 Å². The molecule has 380 valence electrons. The number of unbranched alkanes of at least 4 members (excludes halogenated alkanes) is 19. The summed E-state index contributed by atoms with van der Waals surface area (Å²) in [5.74, 6) is -0.999. The number of carbonyl (C=O) groups excluding carboxylic acids is 3. The Labute approximate surface area is 412 Å². The topological polar surface area (TPSA) is 78.9 Å². The van der Waals surface area contributed by atoms with Crippen LogP contribution in [-0.4, -0.2) is 37.2 Å². The van der Waals surface area contributed by atoms with E-state index < -0.39 is 6.10 Å². The van der Waals surface area contributed by atoms with Crippen molar-refractivity contribution in [2.75, 3.05) is 13.2 Å². The van der Waals surface area contributed by atoms with Gasteiger partial charge in [0.15, 0.2) is 6.10 Å². The van der Waals surface area contributed by atoms with Gasteiger partial charge in [-0.15, -0.1) is 0 Å². The summed E-state index contributed by atoms with van der Waals surface area (Å²) in [5.41, 5.74) is 0. The third-order valence-electron chi connectivity index (χ3n) is 11.2. The number of rotatable bonds is 48. The van der Waals surface area contributed by atoms with Crippen LogP contribution in [0.3, 0.4) is 0 Å². The van der Waals surface area contributed by atoms with Crippen LogP contribution < -0.4 is 0 Å². The fourth-order valence-corrected chi connectivity index (χ4v) is 7.12. The lowest BCUT2D eigenvalue weighted by Crippen LogP contribution is -2.30. The predicted octanol–water partition coefficient (Wildman–Crippen LogP) is 18.3. The molecule has 0 amide bonds. The Morgan fingerprint density at radius 3 is 0.940 bits per heavy atom. The second kappa shape index (κ2) is 54.7. The van der Waals surface area contributed by atoms with Gasteiger partial charge in [-0.3, -0.25) is 14.4 Å². The van der Waals surface area contributed by atoms with E-state index in [1.807, 2.05) is 0 Å². The molecule has 0 rings (SSSR count). The molecule has 0 saturated heterocycles. The van der Waals surface area contributed by atoms with Gasteiger partial charge in [0.05, 0.1) is 0 Å². The zero-order valence-electron chi connectivity index (χ0n) is 43.4. The summed E-state index contributed by atoms with van der Waals surface area (Å²) >= 11 is 0. The molecule has 0 N–H and O–H groups in total. The van der Waals surface area contributed by atoms with Crippen molar-refractivity contribution in [3.05, 3.63) is 109 Å². The average molecular weight is 929 g/mol. The molecule has 0 aromatic rings. The number of ether oxygens (including phenoxy) is 3. The van der Waals surface area contributed by atoms with Crippen molar-refractivity contribution in [3.63, 3.8) is 0 Å². The van der Waals surface area contributed by atoms with Crippen LogP contribution in [0.1, 0.15) is 239 Å². The zero-order chi connectivity index (χ0) is 48.6. The van der Waals surface area contributed by atoms with Crippen LogP contribution in [0.25, 0.3) is 0 Å². The van der Waals surface area contributed by atoms with Gasteiger partial charge in [0.1, 0.15) is 13.2 Å². The molecule has 0 aliphatic carbocycles. The van der Waals surface area contributed by atoms with E-state index in [1.54, 1.807) is 0 Å². The van der Waals surface area contributed by atoms with Gasteiger partial charge in [0, 0.05) is 19.3 Å². The maximum Gasteiger partial charge on any atom is 0.306 e. The Kier molecular flexibility index (Phi) is 51.5. The van der Waals surface area contributed by atoms with E-state index in [0.29, 0.717) is 19.3 Å². The molecule has 6 nitrogen and oxygen atoms in total. The van der Waals surface area contributed by atoms with Crippen molar-refractivity contribution < 1.29 is 28.6 Å². The average Bonchev–Trinajstić information content (AvgIpc) is 3.33. The van der Waals surface area contributed by atoms with Crippen molar-refractivity contribution in [2.24, 2.45) is 0 Å². The highest BCUT2D eigenvalue weighted by molar-refractivity contribution is 5.71. The molecule has 0 aliphatic heterocycles. The normalized spacial score (nSPS) is 12.9. The lowest BCUT2D eigenvalue weighted by molar-refractivity contribution is -0.167. The molecule has 0 bridgehead atoms. The smallest absolute Gasteiger partial charge is 0.306 e. The van der Waals surface area contributed by atoms with Gasteiger partial charge < -0.3 is 14.2 Å². The van der Waals surface area contributed by atoms with Crippen molar-refractivity contribution in [1.82, 2.24) is 0 Å². The fourth-order valence-electron chi connectivity index (χ4n) is 7.12. The maximum absolute atomic E-state index is 12.8. The third kappa shape index (κ3) is 52.9. The molecule has 0 heterocycles. The SMILES string of the molecule is CC/C=C\C/C=C\C/C=C\C/C=C\CCCCC(=O)O[C@@H](COC(=O)CCCC/C=C\C/C=C\C/C=C\CCCCC)COC(=O)CCCCCCCCCCC/C=C\C/C=C\CCCCC. The van der Waals surface area contributed by atoms with Crippen LogP contribution in [0.4, 0.5) is 0 Å². The molecule has 0 saturated carbocycles. The summed E-state index contributed by atoms with van der Waals surface area (Å²) in [6.07, 6.45) is 73.6. The lowest BCUT2D eigenvalue weighted by Gasteiger charge is -2.18. The first kappa shape index (κ1) is 63.1. The molecule has 0 spiro atoms. The quantitative estimate of drug-likeness (QED) is 0.0262. The number of hydrogen-bond acceptors (Lipinski definition) is 6. The van der Waals surface area contributed by atoms with Gasteiger partial charge in [-0.25, -0.2) is 0 Å². The first-order chi connectivity index (χ1) is 33.0. The summed E-state index contributed by atoms with van der Waals surface area (Å²) in [4.78, 5) is 38.1. The highest BCUT2D eigenvalue weighted by atomic mass is 16.6. The van der Waals surface area contributed by atoms with Gasteiger partial charge in [-0.05, 0) is 128 Å². The van der Waals surface area contributed by atoms with Crippen LogP contribution in [0.2, 0.25) is 0 Å². The minimum absolute atomic E-state index is 0.111. The van der Waals surface area contributed by atoms with Crippen LogP contribution in [-0.2, 0) is 28.6 Å². The molecule has 0 aromatic carbocycles. The number of esters is 3. The Balaban J connectivity index is 4.50. The van der Waals surface area contributed by atoms with Crippen LogP contribution in [0.15, 0.2) is 109 Å². The van der Waals surface area contributed by atoms with Crippen LogP contribution in [0, 0.1) is 0 Å². The number of carbonyl (C=O) groups is 3. The fraction of sp³-hybridized carbons (Fsp3) is 0.656. The van der Waals surface area contributed by atoms with E-state index in [0.717, 1.165) is 96.3 Å². The molecule has 0 aliphatic rings. The largest absolute Gasteiger partial charge is 0.462 e. The van der Waals surface area contributed by atoms with E-state index in [2.05, 4.69) is 130 Å². The third-order valence-corrected chi connectivity index (χ3v) is 11.2. The Morgan fingerprint density at radius 2 is 0.582 bits per heavy atom. The van der Waals surface area contributed by atoms with Gasteiger partial charge in [-0.1, -0.05) is 201 Å². The zero-order valence-corrected chi connectivity index (χ0v) is 43.4. The molecule has 0 aromatic heterocycles. The van der Waals surface area contributed by atoms with E-state index in [4.69, 9.17) is 14.2 Å². The molecule has 0 radical (unpaired) electrons. The highest BCUT2D eigenvalue weighted by Gasteiger charge is 2.19. The molecule has 67 heavy (non-hydrogen) atoms. The Hall–Kier alpha value is -3.93. The molecular weight excluding hydrogens is 829 g/mol. The summed E-state index contributed by atoms with van der Waals surface area (Å²) in [6, 6.07) is 0. The molecule has 0 fully saturated rings. The molecule has 1 atom stereocenters. The summed E-state index contributed by atoms with van der Waals surface area (Å²) in [7, 11) is 0. The standard InChI is InChI=1S/C61H100O6/c1-4-7-10-13-16-19-22-25-28-29-30-31-34-36-39-42-45-48-51-54-60(63)66-57-58(67-61(64)55-52-49-46-43-40-37-33-27-24-21-18-15-12-9-6-3)56-65-59(62)53-50-47-44-41-38-35-32-26-23-20-17-14-11-8-5-2/h9,12,16-21,25-28,32-33,38,40-41,43,58H,4-8,10-11,13-15,22-24,29-31,34-37,39,42,44-57H2,1-3H3/b12-9-,19-16-,20-17-,21-18-,28-25-,32-26-,33-27-,41-38-,43-40-/t58-/m0/s1. The highest BCUT2D eigenvalue weighted by Crippen LogP contribution is 2.13. The summed E-state index contributed by atoms with van der Waals surface area (Å²) in [5, 5.41) is 0. The molecule has 0 unspecified atom stereocenters.